The molecule has 0 aromatic heterocycles. The number of carbonyl (C=O) groups excluding carboxylic acids is 1. The van der Waals surface area contributed by atoms with E-state index in [9.17, 15) is 4.79 Å². The first kappa shape index (κ1) is 17.6. The van der Waals surface area contributed by atoms with Gasteiger partial charge in [0.1, 0.15) is 5.75 Å². The highest BCUT2D eigenvalue weighted by molar-refractivity contribution is 5.89. The Morgan fingerprint density at radius 3 is 2.04 bits per heavy atom. The van der Waals surface area contributed by atoms with Gasteiger partial charge in [-0.25, -0.2) is 0 Å². The maximum absolute atomic E-state index is 13.1. The summed E-state index contributed by atoms with van der Waals surface area (Å²) in [6.45, 7) is 0.540. The van der Waals surface area contributed by atoms with Gasteiger partial charge in [-0.2, -0.15) is 0 Å². The van der Waals surface area contributed by atoms with E-state index in [2.05, 4.69) is 4.90 Å². The van der Waals surface area contributed by atoms with Crippen molar-refractivity contribution in [3.8, 4) is 5.75 Å². The van der Waals surface area contributed by atoms with Crippen molar-refractivity contribution >= 4 is 23.9 Å². The maximum Gasteiger partial charge on any atom is 0.158 e. The van der Waals surface area contributed by atoms with Crippen LogP contribution in [-0.4, -0.2) is 26.5 Å². The normalized spacial score (nSPS) is 33.0. The van der Waals surface area contributed by atoms with Crippen LogP contribution in [0.1, 0.15) is 38.5 Å². The molecular weight excluding hydrogens is 322 g/mol. The Hall–Kier alpha value is -1.22. The third-order valence-electron chi connectivity index (χ3n) is 6.52. The lowest BCUT2D eigenvalue weighted by Crippen LogP contribution is -2.52. The van der Waals surface area contributed by atoms with Gasteiger partial charge in [-0.3, -0.25) is 4.79 Å². The number of ketones is 1. The Kier molecular flexibility index (Phi) is 4.83. The molecule has 4 fully saturated rings. The lowest BCUT2D eigenvalue weighted by molar-refractivity contribution is -0.142. The van der Waals surface area contributed by atoms with Crippen LogP contribution >= 0.6 is 12.4 Å². The predicted octanol–water partition coefficient (Wildman–Crippen LogP) is 4.34. The van der Waals surface area contributed by atoms with Gasteiger partial charge in [-0.1, -0.05) is 0 Å². The number of rotatable bonds is 5. The fourth-order valence-corrected chi connectivity index (χ4v) is 5.76. The zero-order chi connectivity index (χ0) is 16.0. The van der Waals surface area contributed by atoms with Gasteiger partial charge in [0.25, 0.3) is 0 Å². The Balaban J connectivity index is 0.00000169. The quantitative estimate of drug-likeness (QED) is 0.792. The first-order valence-corrected chi connectivity index (χ1v) is 8.96. The van der Waals surface area contributed by atoms with Crippen LogP contribution in [0, 0.1) is 23.2 Å². The fourth-order valence-electron chi connectivity index (χ4n) is 5.76. The molecule has 5 rings (SSSR count). The average molecular weight is 350 g/mol. The summed E-state index contributed by atoms with van der Waals surface area (Å²) in [6.07, 6.45) is 7.65. The number of hydrogen-bond acceptors (Lipinski definition) is 3. The largest absolute Gasteiger partial charge is 0.497 e. The molecule has 0 spiro atoms. The summed E-state index contributed by atoms with van der Waals surface area (Å²) in [6, 6.07) is 7.99. The summed E-state index contributed by atoms with van der Waals surface area (Å²) in [7, 11) is 3.70. The van der Waals surface area contributed by atoms with Crippen LogP contribution in [0.25, 0.3) is 0 Å². The molecule has 4 aliphatic carbocycles. The van der Waals surface area contributed by atoms with Crippen LogP contribution in [0.5, 0.6) is 5.75 Å². The molecule has 0 saturated heterocycles. The minimum atomic E-state index is 0. The summed E-state index contributed by atoms with van der Waals surface area (Å²) in [4.78, 5) is 15.2. The molecule has 4 saturated carbocycles. The molecule has 1 aromatic carbocycles. The summed E-state index contributed by atoms with van der Waals surface area (Å²) in [5.41, 5.74) is 1.10. The zero-order valence-corrected chi connectivity index (χ0v) is 15.5. The molecule has 3 nitrogen and oxygen atoms in total. The Morgan fingerprint density at radius 2 is 1.58 bits per heavy atom. The van der Waals surface area contributed by atoms with Gasteiger partial charge in [-0.15, -0.1) is 12.4 Å². The van der Waals surface area contributed by atoms with Gasteiger partial charge in [0, 0.05) is 18.2 Å². The minimum Gasteiger partial charge on any atom is -0.497 e. The Bertz CT molecular complexity index is 563. The van der Waals surface area contributed by atoms with Crippen molar-refractivity contribution in [1.82, 2.24) is 0 Å². The molecule has 0 N–H and O–H groups in total. The maximum atomic E-state index is 13.1. The van der Waals surface area contributed by atoms with E-state index < -0.39 is 0 Å². The molecule has 0 atom stereocenters. The average Bonchev–Trinajstić information content (AvgIpc) is 2.53. The van der Waals surface area contributed by atoms with Crippen LogP contribution in [0.4, 0.5) is 5.69 Å². The second-order valence-corrected chi connectivity index (χ2v) is 8.18. The highest BCUT2D eigenvalue weighted by atomic mass is 35.5. The molecule has 0 unspecified atom stereocenters. The van der Waals surface area contributed by atoms with Crippen molar-refractivity contribution < 1.29 is 9.53 Å². The van der Waals surface area contributed by atoms with Gasteiger partial charge >= 0.3 is 0 Å². The zero-order valence-electron chi connectivity index (χ0n) is 14.7. The minimum absolute atomic E-state index is 0. The monoisotopic (exact) mass is 349 g/mol. The number of methoxy groups -OCH3 is 1. The van der Waals surface area contributed by atoms with Gasteiger partial charge in [0.15, 0.2) is 5.78 Å². The Morgan fingerprint density at radius 1 is 1.08 bits per heavy atom. The summed E-state index contributed by atoms with van der Waals surface area (Å²) in [5, 5.41) is 0. The van der Waals surface area contributed by atoms with E-state index in [1.54, 1.807) is 7.11 Å². The van der Waals surface area contributed by atoms with E-state index in [0.717, 1.165) is 48.5 Å². The van der Waals surface area contributed by atoms with Crippen LogP contribution in [0.15, 0.2) is 24.3 Å². The topological polar surface area (TPSA) is 29.5 Å². The molecule has 0 amide bonds. The summed E-state index contributed by atoms with van der Waals surface area (Å²) < 4.78 is 5.21. The van der Waals surface area contributed by atoms with Crippen molar-refractivity contribution in [3.63, 3.8) is 0 Å². The van der Waals surface area contributed by atoms with Gasteiger partial charge in [0.05, 0.1) is 13.7 Å². The lowest BCUT2D eigenvalue weighted by atomic mass is 9.48. The third kappa shape index (κ3) is 3.03. The number of carbonyl (C=O) groups is 1. The SMILES string of the molecule is COc1ccc(N(C)CC(=O)C23CC4CC(CC(C4)C2)C3)cc1.Cl. The van der Waals surface area contributed by atoms with E-state index in [1.165, 1.54) is 19.3 Å². The number of benzene rings is 1. The predicted molar refractivity (Wildman–Crippen MR) is 99.1 cm³/mol. The van der Waals surface area contributed by atoms with Gasteiger partial charge < -0.3 is 9.64 Å². The number of hydrogen-bond donors (Lipinski definition) is 0. The van der Waals surface area contributed by atoms with Crippen LogP contribution in [0.3, 0.4) is 0 Å². The van der Waals surface area contributed by atoms with Crippen molar-refractivity contribution in [1.29, 1.82) is 0 Å². The number of nitrogens with zero attached hydrogens (tertiary/aromatic N) is 1. The molecule has 1 aromatic rings. The van der Waals surface area contributed by atoms with Crippen molar-refractivity contribution in [2.45, 2.75) is 38.5 Å². The van der Waals surface area contributed by atoms with Crippen LogP contribution in [0.2, 0.25) is 0 Å². The van der Waals surface area contributed by atoms with E-state index in [0.29, 0.717) is 12.3 Å². The van der Waals surface area contributed by atoms with Crippen molar-refractivity contribution in [2.75, 3.05) is 25.6 Å². The molecule has 132 valence electrons. The van der Waals surface area contributed by atoms with Crippen molar-refractivity contribution in [2.24, 2.45) is 23.2 Å². The first-order chi connectivity index (χ1) is 11.1. The molecule has 0 aliphatic heterocycles. The lowest BCUT2D eigenvalue weighted by Gasteiger charge is -2.56. The van der Waals surface area contributed by atoms with E-state index in [1.807, 2.05) is 31.3 Å². The molecule has 4 bridgehead atoms. The van der Waals surface area contributed by atoms with Crippen molar-refractivity contribution in [3.05, 3.63) is 24.3 Å². The number of halogens is 1. The molecule has 0 radical (unpaired) electrons. The van der Waals surface area contributed by atoms with E-state index in [-0.39, 0.29) is 17.8 Å². The highest BCUT2D eigenvalue weighted by Gasteiger charge is 2.54. The molecular formula is C20H28ClNO2. The molecule has 0 heterocycles. The Labute approximate surface area is 151 Å². The van der Waals surface area contributed by atoms with Gasteiger partial charge in [0.2, 0.25) is 0 Å². The highest BCUT2D eigenvalue weighted by Crippen LogP contribution is 2.60. The molecule has 4 aliphatic rings. The fraction of sp³-hybridized carbons (Fsp3) is 0.650. The first-order valence-electron chi connectivity index (χ1n) is 8.96. The van der Waals surface area contributed by atoms with E-state index >= 15 is 0 Å². The van der Waals surface area contributed by atoms with Gasteiger partial charge in [-0.05, 0) is 80.5 Å². The molecule has 24 heavy (non-hydrogen) atoms. The summed E-state index contributed by atoms with van der Waals surface area (Å²) >= 11 is 0. The smallest absolute Gasteiger partial charge is 0.158 e. The second-order valence-electron chi connectivity index (χ2n) is 8.18. The van der Waals surface area contributed by atoms with Crippen LogP contribution < -0.4 is 9.64 Å². The summed E-state index contributed by atoms with van der Waals surface area (Å²) in [5.74, 6) is 3.83. The second kappa shape index (κ2) is 6.59. The van der Waals surface area contributed by atoms with E-state index in [4.69, 9.17) is 4.74 Å². The molecule has 4 heteroatoms. The standard InChI is InChI=1S/C20H27NO2.ClH/c1-21(17-3-5-18(23-2)6-4-17)13-19(22)20-10-14-7-15(11-20)9-16(8-14)12-20;/h3-6,14-16H,7-13H2,1-2H3;1H. The third-order valence-corrected chi connectivity index (χ3v) is 6.52. The number of likely N-dealkylation sites (N-methyl/N-ethyl adjacent to an activating group) is 1. The number of anilines is 1. The van der Waals surface area contributed by atoms with Crippen LogP contribution in [-0.2, 0) is 4.79 Å². The number of Topliss-reactive ketones (excluding diaryl/α,β-unsaturated/α-hetero) is 1. The number of ether oxygens (including phenoxy) is 1.